The molecule has 0 radical (unpaired) electrons. The van der Waals surface area contributed by atoms with Gasteiger partial charge in [-0.05, 0) is 37.1 Å². The van der Waals surface area contributed by atoms with Crippen molar-refractivity contribution in [2.45, 2.75) is 45.6 Å². The van der Waals surface area contributed by atoms with Crippen LogP contribution in [-0.4, -0.2) is 22.1 Å². The van der Waals surface area contributed by atoms with E-state index in [2.05, 4.69) is 15.2 Å². The summed E-state index contributed by atoms with van der Waals surface area (Å²) in [7, 11) is 0. The predicted octanol–water partition coefficient (Wildman–Crippen LogP) is 3.43. The molecule has 2 rings (SSSR count). The van der Waals surface area contributed by atoms with Gasteiger partial charge in [0.15, 0.2) is 0 Å². The zero-order chi connectivity index (χ0) is 20.0. The molecule has 0 saturated heterocycles. The Hall–Kier alpha value is -2.84. The van der Waals surface area contributed by atoms with Crippen LogP contribution in [0.5, 0.6) is 5.75 Å². The van der Waals surface area contributed by atoms with E-state index in [1.807, 2.05) is 6.92 Å². The number of aromatic nitrogens is 2. The highest BCUT2D eigenvalue weighted by Crippen LogP contribution is 2.24. The predicted molar refractivity (Wildman–Crippen MR) is 92.4 cm³/mol. The Morgan fingerprint density at radius 3 is 2.48 bits per heavy atom. The molecule has 1 N–H and O–H groups in total. The molecule has 0 bridgehead atoms. The number of unbranched alkanes of at least 4 members (excludes halogenated alkanes) is 1. The minimum absolute atomic E-state index is 0.0922. The van der Waals surface area contributed by atoms with Gasteiger partial charge >= 0.3 is 6.36 Å². The van der Waals surface area contributed by atoms with Crippen molar-refractivity contribution in [3.05, 3.63) is 58.0 Å². The third-order valence-corrected chi connectivity index (χ3v) is 3.78. The number of nitrogens with zero attached hydrogens (tertiary/aromatic N) is 2. The highest BCUT2D eigenvalue weighted by molar-refractivity contribution is 5.92. The van der Waals surface area contributed by atoms with Crippen LogP contribution in [0.4, 0.5) is 13.2 Å². The number of aryl methyl sites for hydroxylation is 1. The number of rotatable bonds is 7. The van der Waals surface area contributed by atoms with Crippen molar-refractivity contribution >= 4 is 5.91 Å². The largest absolute Gasteiger partial charge is 0.573 e. The number of hydrogen-bond donors (Lipinski definition) is 1. The van der Waals surface area contributed by atoms with Crippen LogP contribution in [0.1, 0.15) is 48.8 Å². The normalized spacial score (nSPS) is 12.5. The van der Waals surface area contributed by atoms with E-state index in [1.165, 1.54) is 41.1 Å². The first-order valence-corrected chi connectivity index (χ1v) is 8.44. The third kappa shape index (κ3) is 6.12. The van der Waals surface area contributed by atoms with E-state index < -0.39 is 18.3 Å². The van der Waals surface area contributed by atoms with Crippen molar-refractivity contribution in [3.63, 3.8) is 0 Å². The topological polar surface area (TPSA) is 73.2 Å². The lowest BCUT2D eigenvalue weighted by molar-refractivity contribution is -0.274. The molecule has 6 nitrogen and oxygen atoms in total. The van der Waals surface area contributed by atoms with Gasteiger partial charge in [-0.2, -0.15) is 5.10 Å². The highest BCUT2D eigenvalue weighted by Gasteiger charge is 2.31. The first kappa shape index (κ1) is 20.5. The second-order valence-electron chi connectivity index (χ2n) is 5.95. The van der Waals surface area contributed by atoms with E-state index in [9.17, 15) is 22.8 Å². The molecule has 0 fully saturated rings. The molecule has 9 heteroatoms. The lowest BCUT2D eigenvalue weighted by Crippen LogP contribution is -2.31. The maximum absolute atomic E-state index is 12.4. The number of nitrogens with one attached hydrogen (secondary N) is 1. The van der Waals surface area contributed by atoms with Crippen molar-refractivity contribution in [1.29, 1.82) is 0 Å². The molecule has 0 aliphatic rings. The van der Waals surface area contributed by atoms with Gasteiger partial charge in [0, 0.05) is 12.6 Å². The number of carbonyl (C=O) groups is 1. The fourth-order valence-electron chi connectivity index (χ4n) is 2.35. The summed E-state index contributed by atoms with van der Waals surface area (Å²) in [5.74, 6) is -0.821. The summed E-state index contributed by atoms with van der Waals surface area (Å²) in [6.07, 6.45) is -3.11. The molecule has 1 amide bonds. The monoisotopic (exact) mass is 383 g/mol. The summed E-state index contributed by atoms with van der Waals surface area (Å²) >= 11 is 0. The minimum Gasteiger partial charge on any atom is -0.406 e. The Morgan fingerprint density at radius 2 is 1.89 bits per heavy atom. The molecule has 1 heterocycles. The SMILES string of the molecule is CCCCn1nc(C(=O)NC(C)c2ccc(OC(F)(F)F)cc2)ccc1=O. The van der Waals surface area contributed by atoms with E-state index in [0.717, 1.165) is 12.8 Å². The van der Waals surface area contributed by atoms with Crippen LogP contribution in [0.25, 0.3) is 0 Å². The molecule has 1 unspecified atom stereocenters. The summed E-state index contributed by atoms with van der Waals surface area (Å²) in [6, 6.07) is 7.36. The number of benzene rings is 1. The Morgan fingerprint density at radius 1 is 1.22 bits per heavy atom. The average Bonchev–Trinajstić information content (AvgIpc) is 2.60. The zero-order valence-corrected chi connectivity index (χ0v) is 14.9. The number of amides is 1. The fraction of sp³-hybridized carbons (Fsp3) is 0.389. The number of carbonyl (C=O) groups excluding carboxylic acids is 1. The average molecular weight is 383 g/mol. The number of ether oxygens (including phenoxy) is 1. The van der Waals surface area contributed by atoms with Gasteiger partial charge in [-0.25, -0.2) is 4.68 Å². The summed E-state index contributed by atoms with van der Waals surface area (Å²) in [5.41, 5.74) is 0.403. The fourth-order valence-corrected chi connectivity index (χ4v) is 2.35. The van der Waals surface area contributed by atoms with Gasteiger partial charge in [-0.3, -0.25) is 9.59 Å². The maximum Gasteiger partial charge on any atom is 0.573 e. The Labute approximate surface area is 154 Å². The Bertz CT molecular complexity index is 832. The van der Waals surface area contributed by atoms with Crippen LogP contribution >= 0.6 is 0 Å². The molecule has 0 saturated carbocycles. The molecule has 0 aliphatic heterocycles. The number of hydrogen-bond acceptors (Lipinski definition) is 4. The quantitative estimate of drug-likeness (QED) is 0.795. The van der Waals surface area contributed by atoms with Gasteiger partial charge in [0.2, 0.25) is 0 Å². The smallest absolute Gasteiger partial charge is 0.406 e. The van der Waals surface area contributed by atoms with E-state index in [4.69, 9.17) is 0 Å². The summed E-state index contributed by atoms with van der Waals surface area (Å²) < 4.78 is 41.6. The molecule has 0 spiro atoms. The highest BCUT2D eigenvalue weighted by atomic mass is 19.4. The molecule has 0 aliphatic carbocycles. The molecule has 146 valence electrons. The second kappa shape index (κ2) is 8.70. The Kier molecular flexibility index (Phi) is 6.59. The van der Waals surface area contributed by atoms with Crippen LogP contribution in [0, 0.1) is 0 Å². The first-order valence-electron chi connectivity index (χ1n) is 8.44. The zero-order valence-electron chi connectivity index (χ0n) is 14.9. The van der Waals surface area contributed by atoms with Crippen LogP contribution in [0.2, 0.25) is 0 Å². The van der Waals surface area contributed by atoms with Gasteiger partial charge in [-0.1, -0.05) is 25.5 Å². The van der Waals surface area contributed by atoms with Gasteiger partial charge in [0.05, 0.1) is 6.04 Å². The van der Waals surface area contributed by atoms with Crippen LogP contribution in [0.15, 0.2) is 41.2 Å². The number of alkyl halides is 3. The first-order chi connectivity index (χ1) is 12.7. The standard InChI is InChI=1S/C18H20F3N3O3/c1-3-4-11-24-16(25)10-9-15(23-24)17(26)22-12(2)13-5-7-14(8-6-13)27-18(19,20)21/h5-10,12H,3-4,11H2,1-2H3,(H,22,26). The van der Waals surface area contributed by atoms with Crippen molar-refractivity contribution in [1.82, 2.24) is 15.1 Å². The maximum atomic E-state index is 12.4. The van der Waals surface area contributed by atoms with Gasteiger partial charge in [0.1, 0.15) is 11.4 Å². The third-order valence-electron chi connectivity index (χ3n) is 3.78. The van der Waals surface area contributed by atoms with Crippen LogP contribution < -0.4 is 15.6 Å². The summed E-state index contributed by atoms with van der Waals surface area (Å²) in [5, 5.41) is 6.76. The summed E-state index contributed by atoms with van der Waals surface area (Å²) in [4.78, 5) is 24.1. The van der Waals surface area contributed by atoms with E-state index in [1.54, 1.807) is 6.92 Å². The minimum atomic E-state index is -4.76. The lowest BCUT2D eigenvalue weighted by atomic mass is 10.1. The molecule has 2 aromatic rings. The second-order valence-corrected chi connectivity index (χ2v) is 5.95. The van der Waals surface area contributed by atoms with E-state index in [0.29, 0.717) is 12.1 Å². The van der Waals surface area contributed by atoms with E-state index >= 15 is 0 Å². The van der Waals surface area contributed by atoms with Gasteiger partial charge in [-0.15, -0.1) is 13.2 Å². The molecular weight excluding hydrogens is 363 g/mol. The van der Waals surface area contributed by atoms with Crippen molar-refractivity contribution < 1.29 is 22.7 Å². The lowest BCUT2D eigenvalue weighted by Gasteiger charge is -2.15. The van der Waals surface area contributed by atoms with Crippen LogP contribution in [0.3, 0.4) is 0 Å². The number of halogens is 3. The van der Waals surface area contributed by atoms with Gasteiger partial charge < -0.3 is 10.1 Å². The summed E-state index contributed by atoms with van der Waals surface area (Å²) in [6.45, 7) is 4.09. The van der Waals surface area contributed by atoms with Crippen molar-refractivity contribution in [2.24, 2.45) is 0 Å². The van der Waals surface area contributed by atoms with Crippen LogP contribution in [-0.2, 0) is 6.54 Å². The van der Waals surface area contributed by atoms with E-state index in [-0.39, 0.29) is 17.0 Å². The molecular formula is C18H20F3N3O3. The molecule has 1 aromatic heterocycles. The van der Waals surface area contributed by atoms with Crippen molar-refractivity contribution in [3.8, 4) is 5.75 Å². The Balaban J connectivity index is 2.06. The molecule has 27 heavy (non-hydrogen) atoms. The molecule has 1 aromatic carbocycles. The molecule has 1 atom stereocenters. The van der Waals surface area contributed by atoms with Gasteiger partial charge in [0.25, 0.3) is 11.5 Å². The van der Waals surface area contributed by atoms with Crippen molar-refractivity contribution in [2.75, 3.05) is 0 Å².